The average molecular weight is 265 g/mol. The third-order valence-corrected chi connectivity index (χ3v) is 3.67. The zero-order valence-corrected chi connectivity index (χ0v) is 10.5. The van der Waals surface area contributed by atoms with Crippen molar-refractivity contribution in [3.8, 4) is 0 Å². The quantitative estimate of drug-likeness (QED) is 0.890. The largest absolute Gasteiger partial charge is 0.479 e. The third-order valence-electron chi connectivity index (χ3n) is 2.58. The molecule has 2 aromatic rings. The lowest BCUT2D eigenvalue weighted by Gasteiger charge is -2.15. The number of carboxylic acids is 1. The number of aliphatic carboxylic acids is 1. The number of halogens is 1. The highest BCUT2D eigenvalue weighted by atomic mass is 32.1. The van der Waals surface area contributed by atoms with E-state index in [9.17, 15) is 14.3 Å². The van der Waals surface area contributed by atoms with Crippen LogP contribution >= 0.6 is 11.3 Å². The van der Waals surface area contributed by atoms with Crippen LogP contribution in [0.2, 0.25) is 0 Å². The maximum atomic E-state index is 13.5. The second-order valence-electron chi connectivity index (χ2n) is 3.86. The van der Waals surface area contributed by atoms with Crippen molar-refractivity contribution in [3.63, 3.8) is 0 Å². The summed E-state index contributed by atoms with van der Waals surface area (Å²) in [5, 5.41) is 13.8. The number of rotatable bonds is 4. The summed E-state index contributed by atoms with van der Waals surface area (Å²) < 4.78 is 13.5. The Labute approximate surface area is 108 Å². The fourth-order valence-electron chi connectivity index (χ4n) is 1.65. The van der Waals surface area contributed by atoms with E-state index < -0.39 is 17.8 Å². The first-order chi connectivity index (χ1) is 8.59. The predicted octanol–water partition coefficient (Wildman–Crippen LogP) is 3.43. The van der Waals surface area contributed by atoms with E-state index in [0.717, 1.165) is 5.56 Å². The van der Waals surface area contributed by atoms with Crippen molar-refractivity contribution in [2.24, 2.45) is 0 Å². The Morgan fingerprint density at radius 1 is 1.39 bits per heavy atom. The van der Waals surface area contributed by atoms with Gasteiger partial charge in [0, 0.05) is 4.88 Å². The molecule has 5 heteroatoms. The normalized spacial score (nSPS) is 12.1. The van der Waals surface area contributed by atoms with Crippen molar-refractivity contribution in [1.29, 1.82) is 0 Å². The van der Waals surface area contributed by atoms with Crippen LogP contribution in [0.4, 0.5) is 10.1 Å². The zero-order chi connectivity index (χ0) is 13.1. The van der Waals surface area contributed by atoms with Crippen molar-refractivity contribution < 1.29 is 14.3 Å². The van der Waals surface area contributed by atoms with Crippen LogP contribution in [-0.2, 0) is 4.79 Å². The fourth-order valence-corrected chi connectivity index (χ4v) is 2.62. The summed E-state index contributed by atoms with van der Waals surface area (Å²) in [6, 6.07) is 6.95. The van der Waals surface area contributed by atoms with Crippen LogP contribution in [0.1, 0.15) is 16.5 Å². The van der Waals surface area contributed by atoms with Crippen LogP contribution in [-0.4, -0.2) is 11.1 Å². The summed E-state index contributed by atoms with van der Waals surface area (Å²) in [6.07, 6.45) is 0. The monoisotopic (exact) mass is 265 g/mol. The van der Waals surface area contributed by atoms with E-state index in [0.29, 0.717) is 4.88 Å². The van der Waals surface area contributed by atoms with Crippen LogP contribution in [0.25, 0.3) is 0 Å². The molecule has 0 saturated heterocycles. The molecule has 0 spiro atoms. The van der Waals surface area contributed by atoms with E-state index in [1.54, 1.807) is 12.1 Å². The molecule has 1 aromatic heterocycles. The van der Waals surface area contributed by atoms with Gasteiger partial charge in [0.15, 0.2) is 6.04 Å². The van der Waals surface area contributed by atoms with Gasteiger partial charge in [-0.15, -0.1) is 11.3 Å². The number of nitrogens with one attached hydrogen (secondary N) is 1. The van der Waals surface area contributed by atoms with Crippen molar-refractivity contribution >= 4 is 23.0 Å². The molecule has 0 aliphatic carbocycles. The summed E-state index contributed by atoms with van der Waals surface area (Å²) in [5.74, 6) is -1.48. The molecule has 0 aliphatic rings. The average Bonchev–Trinajstić information content (AvgIpc) is 2.74. The minimum Gasteiger partial charge on any atom is -0.479 e. The van der Waals surface area contributed by atoms with Crippen LogP contribution in [0.3, 0.4) is 0 Å². The number of aryl methyl sites for hydroxylation is 1. The highest BCUT2D eigenvalue weighted by Gasteiger charge is 2.23. The van der Waals surface area contributed by atoms with E-state index in [2.05, 4.69) is 5.32 Å². The highest BCUT2D eigenvalue weighted by molar-refractivity contribution is 7.10. The Bertz CT molecular complexity index is 568. The van der Waals surface area contributed by atoms with Gasteiger partial charge in [0.1, 0.15) is 5.82 Å². The number of carboxylic acid groups (broad SMARTS) is 1. The zero-order valence-electron chi connectivity index (χ0n) is 9.68. The number of anilines is 1. The summed E-state index contributed by atoms with van der Waals surface area (Å²) in [6.45, 7) is 1.84. The molecule has 2 rings (SSSR count). The lowest BCUT2D eigenvalue weighted by atomic mass is 10.1. The minimum atomic E-state index is -1.02. The number of thiophene rings is 1. The lowest BCUT2D eigenvalue weighted by molar-refractivity contribution is -0.138. The standard InChI is InChI=1S/C13H12FNO2S/c1-8-6-7-18-12(8)11(13(16)17)15-10-5-3-2-4-9(10)14/h2-7,11,15H,1H3,(H,16,17). The smallest absolute Gasteiger partial charge is 0.331 e. The Morgan fingerprint density at radius 3 is 2.67 bits per heavy atom. The van der Waals surface area contributed by atoms with Gasteiger partial charge in [0.2, 0.25) is 0 Å². The maximum Gasteiger partial charge on any atom is 0.331 e. The first kappa shape index (κ1) is 12.6. The number of benzene rings is 1. The van der Waals surface area contributed by atoms with E-state index in [-0.39, 0.29) is 5.69 Å². The first-order valence-corrected chi connectivity index (χ1v) is 6.25. The molecule has 94 valence electrons. The molecule has 0 amide bonds. The Kier molecular flexibility index (Phi) is 3.62. The van der Waals surface area contributed by atoms with Crippen LogP contribution in [0, 0.1) is 12.7 Å². The van der Waals surface area contributed by atoms with Gasteiger partial charge >= 0.3 is 5.97 Å². The van der Waals surface area contributed by atoms with Gasteiger partial charge < -0.3 is 10.4 Å². The molecular formula is C13H12FNO2S. The second kappa shape index (κ2) is 5.18. The molecule has 1 heterocycles. The van der Waals surface area contributed by atoms with E-state index in [1.165, 1.54) is 23.5 Å². The highest BCUT2D eigenvalue weighted by Crippen LogP contribution is 2.28. The molecular weight excluding hydrogens is 253 g/mol. The molecule has 0 saturated carbocycles. The number of hydrogen-bond donors (Lipinski definition) is 2. The molecule has 0 radical (unpaired) electrons. The maximum absolute atomic E-state index is 13.5. The summed E-state index contributed by atoms with van der Waals surface area (Å²) in [5.41, 5.74) is 1.08. The molecule has 1 unspecified atom stereocenters. The van der Waals surface area contributed by atoms with E-state index in [4.69, 9.17) is 0 Å². The molecule has 0 fully saturated rings. The Balaban J connectivity index is 2.31. The predicted molar refractivity (Wildman–Crippen MR) is 69.5 cm³/mol. The molecule has 1 atom stereocenters. The fraction of sp³-hybridized carbons (Fsp3) is 0.154. The summed E-state index contributed by atoms with van der Waals surface area (Å²) in [7, 11) is 0. The molecule has 1 aromatic carbocycles. The van der Waals surface area contributed by atoms with Crippen LogP contribution in [0.5, 0.6) is 0 Å². The van der Waals surface area contributed by atoms with Crippen molar-refractivity contribution in [2.45, 2.75) is 13.0 Å². The van der Waals surface area contributed by atoms with E-state index in [1.807, 2.05) is 18.4 Å². The van der Waals surface area contributed by atoms with Crippen molar-refractivity contribution in [1.82, 2.24) is 0 Å². The summed E-state index contributed by atoms with van der Waals surface area (Å²) in [4.78, 5) is 12.0. The molecule has 0 bridgehead atoms. The minimum absolute atomic E-state index is 0.192. The van der Waals surface area contributed by atoms with Crippen LogP contribution in [0.15, 0.2) is 35.7 Å². The first-order valence-electron chi connectivity index (χ1n) is 5.37. The van der Waals surface area contributed by atoms with Gasteiger partial charge in [-0.05, 0) is 36.1 Å². The van der Waals surface area contributed by atoms with Gasteiger partial charge in [-0.3, -0.25) is 0 Å². The topological polar surface area (TPSA) is 49.3 Å². The third kappa shape index (κ3) is 2.51. The van der Waals surface area contributed by atoms with Crippen LogP contribution < -0.4 is 5.32 Å². The van der Waals surface area contributed by atoms with Crippen molar-refractivity contribution in [2.75, 3.05) is 5.32 Å². The lowest BCUT2D eigenvalue weighted by Crippen LogP contribution is -2.20. The number of carbonyl (C=O) groups is 1. The van der Waals surface area contributed by atoms with Gasteiger partial charge in [0.25, 0.3) is 0 Å². The van der Waals surface area contributed by atoms with E-state index >= 15 is 0 Å². The number of hydrogen-bond acceptors (Lipinski definition) is 3. The molecule has 18 heavy (non-hydrogen) atoms. The Hall–Kier alpha value is -1.88. The van der Waals surface area contributed by atoms with Gasteiger partial charge in [-0.25, -0.2) is 9.18 Å². The molecule has 2 N–H and O–H groups in total. The van der Waals surface area contributed by atoms with Gasteiger partial charge in [-0.1, -0.05) is 12.1 Å². The second-order valence-corrected chi connectivity index (χ2v) is 4.81. The summed E-state index contributed by atoms with van der Waals surface area (Å²) >= 11 is 1.35. The van der Waals surface area contributed by atoms with Gasteiger partial charge in [-0.2, -0.15) is 0 Å². The van der Waals surface area contributed by atoms with Crippen molar-refractivity contribution in [3.05, 3.63) is 52.0 Å². The molecule has 0 aliphatic heterocycles. The Morgan fingerprint density at radius 2 is 2.11 bits per heavy atom. The molecule has 3 nitrogen and oxygen atoms in total. The number of para-hydroxylation sites is 1. The SMILES string of the molecule is Cc1ccsc1C(Nc1ccccc1F)C(=O)O. The van der Waals surface area contributed by atoms with Gasteiger partial charge in [0.05, 0.1) is 5.69 Å².